The number of aromatic amines is 1. The molecule has 2 N–H and O–H groups in total. The van der Waals surface area contributed by atoms with Crippen molar-refractivity contribution < 1.29 is 5.11 Å². The molecule has 1 fully saturated rings. The highest BCUT2D eigenvalue weighted by molar-refractivity contribution is 5.77. The molecule has 0 bridgehead atoms. The van der Waals surface area contributed by atoms with Gasteiger partial charge in [-0.3, -0.25) is 9.69 Å². The molecule has 2 atom stereocenters. The maximum atomic E-state index is 12.2. The molecule has 1 saturated heterocycles. The molecule has 0 unspecified atom stereocenters. The molecule has 0 amide bonds. The van der Waals surface area contributed by atoms with Crippen LogP contribution in [-0.2, 0) is 6.42 Å². The number of aliphatic hydroxyl groups is 1. The first-order valence-corrected chi connectivity index (χ1v) is 9.19. The van der Waals surface area contributed by atoms with Crippen molar-refractivity contribution in [3.8, 4) is 0 Å². The van der Waals surface area contributed by atoms with Crippen LogP contribution in [0.5, 0.6) is 0 Å². The monoisotopic (exact) mass is 344 g/mol. The van der Waals surface area contributed by atoms with Crippen LogP contribution in [0.2, 0.25) is 0 Å². The highest BCUT2D eigenvalue weighted by Gasteiger charge is 2.26. The van der Waals surface area contributed by atoms with E-state index in [1.54, 1.807) is 6.07 Å². The molecule has 0 spiro atoms. The summed E-state index contributed by atoms with van der Waals surface area (Å²) in [5, 5.41) is 10.3. The van der Waals surface area contributed by atoms with E-state index in [2.05, 4.69) is 26.7 Å². The van der Waals surface area contributed by atoms with E-state index < -0.39 is 0 Å². The molecular weight excluding hydrogens is 316 g/mol. The van der Waals surface area contributed by atoms with Crippen LogP contribution in [0.15, 0.2) is 29.1 Å². The lowest BCUT2D eigenvalue weighted by atomic mass is 10.1. The maximum absolute atomic E-state index is 12.2. The van der Waals surface area contributed by atoms with Gasteiger partial charge in [0, 0.05) is 45.2 Å². The lowest BCUT2D eigenvalue weighted by Gasteiger charge is -2.41. The minimum atomic E-state index is -0.285. The molecule has 0 saturated carbocycles. The number of aromatic nitrogens is 2. The smallest absolute Gasteiger partial charge is 0.258 e. The van der Waals surface area contributed by atoms with Crippen molar-refractivity contribution in [1.29, 1.82) is 0 Å². The van der Waals surface area contributed by atoms with E-state index >= 15 is 0 Å². The van der Waals surface area contributed by atoms with Crippen molar-refractivity contribution in [3.05, 3.63) is 40.4 Å². The summed E-state index contributed by atoms with van der Waals surface area (Å²) in [5.41, 5.74) is 0.697. The first-order chi connectivity index (χ1) is 12.1. The van der Waals surface area contributed by atoms with E-state index in [9.17, 15) is 9.90 Å². The molecule has 136 valence electrons. The van der Waals surface area contributed by atoms with Crippen LogP contribution in [0.1, 0.15) is 26.1 Å². The lowest BCUT2D eigenvalue weighted by molar-refractivity contribution is 0.0369. The van der Waals surface area contributed by atoms with Gasteiger partial charge in [-0.15, -0.1) is 0 Å². The van der Waals surface area contributed by atoms with Crippen LogP contribution in [0.4, 0.5) is 0 Å². The fourth-order valence-corrected chi connectivity index (χ4v) is 3.64. The number of fused-ring (bicyclic) bond motifs is 1. The molecule has 1 aromatic heterocycles. The number of nitrogens with zero attached hydrogens (tertiary/aromatic N) is 3. The molecule has 3 rings (SSSR count). The number of H-pyrrole nitrogens is 1. The molecule has 6 heteroatoms. The van der Waals surface area contributed by atoms with Crippen LogP contribution in [0, 0.1) is 0 Å². The fourth-order valence-electron chi connectivity index (χ4n) is 3.64. The van der Waals surface area contributed by atoms with Gasteiger partial charge in [0.2, 0.25) is 0 Å². The summed E-state index contributed by atoms with van der Waals surface area (Å²) >= 11 is 0. The largest absolute Gasteiger partial charge is 0.392 e. The van der Waals surface area contributed by atoms with Gasteiger partial charge in [0.05, 0.1) is 17.0 Å². The second-order valence-corrected chi connectivity index (χ2v) is 6.99. The predicted octanol–water partition coefficient (Wildman–Crippen LogP) is 1.24. The van der Waals surface area contributed by atoms with Gasteiger partial charge in [-0.25, -0.2) is 4.98 Å². The Labute approximate surface area is 148 Å². The van der Waals surface area contributed by atoms with Crippen LogP contribution >= 0.6 is 0 Å². The van der Waals surface area contributed by atoms with Gasteiger partial charge in [0.25, 0.3) is 5.56 Å². The molecule has 1 aliphatic rings. The highest BCUT2D eigenvalue weighted by atomic mass is 16.3. The predicted molar refractivity (Wildman–Crippen MR) is 99.8 cm³/mol. The fraction of sp³-hybridized carbons (Fsp3) is 0.579. The van der Waals surface area contributed by atoms with Gasteiger partial charge in [-0.2, -0.15) is 0 Å². The van der Waals surface area contributed by atoms with Gasteiger partial charge in [0.15, 0.2) is 0 Å². The molecule has 1 aromatic carbocycles. The Kier molecular flexibility index (Phi) is 5.83. The van der Waals surface area contributed by atoms with Crippen LogP contribution in [0.3, 0.4) is 0 Å². The van der Waals surface area contributed by atoms with E-state index in [4.69, 9.17) is 0 Å². The molecule has 0 aliphatic carbocycles. The van der Waals surface area contributed by atoms with Crippen molar-refractivity contribution in [2.45, 2.75) is 38.8 Å². The van der Waals surface area contributed by atoms with Crippen molar-refractivity contribution in [1.82, 2.24) is 19.8 Å². The number of hydrogen-bond acceptors (Lipinski definition) is 5. The highest BCUT2D eigenvalue weighted by Crippen LogP contribution is 2.14. The van der Waals surface area contributed by atoms with E-state index in [0.29, 0.717) is 11.4 Å². The summed E-state index contributed by atoms with van der Waals surface area (Å²) in [4.78, 5) is 24.5. The molecule has 2 aromatic rings. The Balaban J connectivity index is 1.61. The van der Waals surface area contributed by atoms with E-state index in [0.717, 1.165) is 56.9 Å². The summed E-state index contributed by atoms with van der Waals surface area (Å²) in [5.74, 6) is 0.753. The summed E-state index contributed by atoms with van der Waals surface area (Å²) < 4.78 is 0. The second kappa shape index (κ2) is 8.08. The third-order valence-corrected chi connectivity index (χ3v) is 4.99. The van der Waals surface area contributed by atoms with Gasteiger partial charge in [0.1, 0.15) is 5.82 Å². The average molecular weight is 344 g/mol. The van der Waals surface area contributed by atoms with Gasteiger partial charge >= 0.3 is 0 Å². The topological polar surface area (TPSA) is 72.5 Å². The molecule has 1 aliphatic heterocycles. The maximum Gasteiger partial charge on any atom is 0.258 e. The van der Waals surface area contributed by atoms with Crippen molar-refractivity contribution in [2.75, 3.05) is 32.7 Å². The van der Waals surface area contributed by atoms with Crippen molar-refractivity contribution in [2.24, 2.45) is 0 Å². The zero-order valence-electron chi connectivity index (χ0n) is 15.1. The van der Waals surface area contributed by atoms with Crippen LogP contribution in [-0.4, -0.2) is 69.7 Å². The number of nitrogens with one attached hydrogen (secondary N) is 1. The standard InChI is InChI=1S/C19H28N4O2/c1-3-15-13-22(10-11-23(15)12-14(2)24)9-8-18-20-17-7-5-4-6-16(17)19(25)21-18/h4-7,14-15,24H,3,8-13H2,1-2H3,(H,20,21,25)/t14-,15+/m1/s1. The second-order valence-electron chi connectivity index (χ2n) is 6.99. The van der Waals surface area contributed by atoms with Crippen molar-refractivity contribution >= 4 is 10.9 Å². The normalized spacial score (nSPS) is 20.8. The molecule has 2 heterocycles. The zero-order valence-corrected chi connectivity index (χ0v) is 15.1. The first-order valence-electron chi connectivity index (χ1n) is 9.19. The summed E-state index contributed by atoms with van der Waals surface area (Å²) in [6, 6.07) is 7.93. The third-order valence-electron chi connectivity index (χ3n) is 4.99. The average Bonchev–Trinajstić information content (AvgIpc) is 2.60. The van der Waals surface area contributed by atoms with Gasteiger partial charge in [-0.05, 0) is 25.5 Å². The minimum Gasteiger partial charge on any atom is -0.392 e. The molecule has 6 nitrogen and oxygen atoms in total. The summed E-state index contributed by atoms with van der Waals surface area (Å²) in [6.07, 6.45) is 1.54. The zero-order chi connectivity index (χ0) is 17.8. The Morgan fingerprint density at radius 1 is 1.36 bits per heavy atom. The number of aliphatic hydroxyl groups excluding tert-OH is 1. The Hall–Kier alpha value is -1.76. The van der Waals surface area contributed by atoms with Gasteiger partial charge in [-0.1, -0.05) is 19.1 Å². The summed E-state index contributed by atoms with van der Waals surface area (Å²) in [7, 11) is 0. The number of para-hydroxylation sites is 1. The Morgan fingerprint density at radius 3 is 2.92 bits per heavy atom. The van der Waals surface area contributed by atoms with Crippen molar-refractivity contribution in [3.63, 3.8) is 0 Å². The van der Waals surface area contributed by atoms with Crippen LogP contribution in [0.25, 0.3) is 10.9 Å². The number of rotatable bonds is 6. The van der Waals surface area contributed by atoms with E-state index in [1.807, 2.05) is 25.1 Å². The number of piperazine rings is 1. The summed E-state index contributed by atoms with van der Waals surface area (Å²) in [6.45, 7) is 8.64. The minimum absolute atomic E-state index is 0.0613. The van der Waals surface area contributed by atoms with E-state index in [1.165, 1.54) is 0 Å². The van der Waals surface area contributed by atoms with Crippen LogP contribution < -0.4 is 5.56 Å². The Bertz CT molecular complexity index is 758. The number of β-amino-alcohol motifs (C(OH)–C–C–N with tert-alkyl or cyclic N) is 1. The SMILES string of the molecule is CC[C@H]1CN(CCc2nc3ccccc3c(=O)[nH]2)CCN1C[C@@H](C)O. The van der Waals surface area contributed by atoms with E-state index in [-0.39, 0.29) is 11.7 Å². The van der Waals surface area contributed by atoms with Gasteiger partial charge < -0.3 is 15.0 Å². The molecular formula is C19H28N4O2. The first kappa shape index (κ1) is 18.0. The Morgan fingerprint density at radius 2 is 2.16 bits per heavy atom. The lowest BCUT2D eigenvalue weighted by Crippen LogP contribution is -2.54. The quantitative estimate of drug-likeness (QED) is 0.825. The molecule has 0 radical (unpaired) electrons. The molecule has 25 heavy (non-hydrogen) atoms. The number of benzene rings is 1. The third kappa shape index (κ3) is 4.45. The number of hydrogen-bond donors (Lipinski definition) is 2.